The van der Waals surface area contributed by atoms with Crippen molar-refractivity contribution in [2.24, 2.45) is 0 Å². The smallest absolute Gasteiger partial charge is 0.252 e. The number of alkyl halides is 1. The zero-order valence-corrected chi connectivity index (χ0v) is 19.6. The summed E-state index contributed by atoms with van der Waals surface area (Å²) >= 11 is 0. The van der Waals surface area contributed by atoms with Gasteiger partial charge >= 0.3 is 0 Å². The number of aryl methyl sites for hydroxylation is 1. The van der Waals surface area contributed by atoms with Gasteiger partial charge in [0.05, 0.1) is 28.7 Å². The summed E-state index contributed by atoms with van der Waals surface area (Å²) in [5, 5.41) is 36.7. The quantitative estimate of drug-likeness (QED) is 0.252. The predicted molar refractivity (Wildman–Crippen MR) is 133 cm³/mol. The third-order valence-electron chi connectivity index (χ3n) is 7.73. The topological polar surface area (TPSA) is 120 Å². The molecule has 5 aromatic rings. The molecule has 7 rings (SSSR count). The molecule has 5 N–H and O–H groups in total. The monoisotopic (exact) mass is 507 g/mol. The molecule has 4 heterocycles. The molecule has 8 nitrogen and oxygen atoms in total. The van der Waals surface area contributed by atoms with Gasteiger partial charge in [-0.2, -0.15) is 0 Å². The Hall–Kier alpha value is -3.57. The SMILES string of the molecule is Cc1ccc2[nH]c3c(c4c(c5c6cc(F)ccc6n([C@@H]6O[C@H](CO)[C@@H](F)[C@H](O)[C@H]6O)c35)C(=O)NC4)c2c1. The van der Waals surface area contributed by atoms with Crippen LogP contribution in [0.25, 0.3) is 43.6 Å². The van der Waals surface area contributed by atoms with Gasteiger partial charge < -0.3 is 34.9 Å². The number of H-pyrrole nitrogens is 1. The second kappa shape index (κ2) is 7.72. The van der Waals surface area contributed by atoms with Crippen molar-refractivity contribution in [3.05, 3.63) is 58.9 Å². The molecule has 0 saturated carbocycles. The number of ether oxygens (including phenoxy) is 1. The number of aliphatic hydroxyl groups is 3. The lowest BCUT2D eigenvalue weighted by Crippen LogP contribution is -2.54. The van der Waals surface area contributed by atoms with Gasteiger partial charge in [-0.1, -0.05) is 11.6 Å². The number of carbonyl (C=O) groups is 1. The molecule has 0 aliphatic carbocycles. The number of amides is 1. The maximum Gasteiger partial charge on any atom is 0.252 e. The summed E-state index contributed by atoms with van der Waals surface area (Å²) in [7, 11) is 0. The highest BCUT2D eigenvalue weighted by molar-refractivity contribution is 6.30. The van der Waals surface area contributed by atoms with Gasteiger partial charge in [-0.3, -0.25) is 4.79 Å². The number of hydrogen-bond acceptors (Lipinski definition) is 5. The van der Waals surface area contributed by atoms with Crippen LogP contribution < -0.4 is 5.32 Å². The fourth-order valence-electron chi connectivity index (χ4n) is 6.08. The van der Waals surface area contributed by atoms with Gasteiger partial charge in [-0.15, -0.1) is 0 Å². The maximum atomic E-state index is 14.6. The molecule has 10 heteroatoms. The minimum Gasteiger partial charge on any atom is -0.394 e. The zero-order chi connectivity index (χ0) is 25.7. The van der Waals surface area contributed by atoms with Crippen LogP contribution >= 0.6 is 0 Å². The Kier molecular flexibility index (Phi) is 4.72. The van der Waals surface area contributed by atoms with Gasteiger partial charge in [0, 0.05) is 33.6 Å². The van der Waals surface area contributed by atoms with Crippen molar-refractivity contribution < 1.29 is 33.6 Å². The normalized spacial score (nSPS) is 26.0. The molecule has 1 saturated heterocycles. The third-order valence-corrected chi connectivity index (χ3v) is 7.73. The molecule has 190 valence electrons. The van der Waals surface area contributed by atoms with Crippen molar-refractivity contribution in [2.45, 2.75) is 44.2 Å². The van der Waals surface area contributed by atoms with E-state index in [-0.39, 0.29) is 5.91 Å². The first-order valence-electron chi connectivity index (χ1n) is 12.0. The molecule has 3 aromatic carbocycles. The van der Waals surface area contributed by atoms with Crippen molar-refractivity contribution in [1.82, 2.24) is 14.9 Å². The third kappa shape index (κ3) is 2.92. The number of benzene rings is 3. The van der Waals surface area contributed by atoms with E-state index in [2.05, 4.69) is 10.3 Å². The largest absolute Gasteiger partial charge is 0.394 e. The number of carbonyl (C=O) groups excluding carboxylic acids is 1. The van der Waals surface area contributed by atoms with E-state index >= 15 is 0 Å². The summed E-state index contributed by atoms with van der Waals surface area (Å²) in [5.41, 5.74) is 4.52. The van der Waals surface area contributed by atoms with Crippen LogP contribution in [0.2, 0.25) is 0 Å². The number of nitrogens with one attached hydrogen (secondary N) is 2. The summed E-state index contributed by atoms with van der Waals surface area (Å²) in [6.45, 7) is 1.54. The number of rotatable bonds is 2. The first kappa shape index (κ1) is 22.6. The minimum absolute atomic E-state index is 0.293. The number of fused-ring (bicyclic) bond motifs is 10. The Morgan fingerprint density at radius 3 is 2.70 bits per heavy atom. The average molecular weight is 507 g/mol. The van der Waals surface area contributed by atoms with E-state index in [1.807, 2.05) is 25.1 Å². The number of halogens is 2. The molecule has 2 aliphatic rings. The van der Waals surface area contributed by atoms with Crippen molar-refractivity contribution in [3.8, 4) is 0 Å². The molecule has 0 unspecified atom stereocenters. The van der Waals surface area contributed by atoms with Crippen LogP contribution in [0.15, 0.2) is 36.4 Å². The molecule has 0 bridgehead atoms. The molecular formula is C27H23F2N3O5. The Bertz CT molecular complexity index is 1780. The molecule has 1 fully saturated rings. The lowest BCUT2D eigenvalue weighted by Gasteiger charge is -2.40. The first-order valence-corrected chi connectivity index (χ1v) is 12.0. The Morgan fingerprint density at radius 1 is 1.11 bits per heavy atom. The second-order valence-electron chi connectivity index (χ2n) is 9.89. The van der Waals surface area contributed by atoms with Crippen LogP contribution in [0, 0.1) is 12.7 Å². The van der Waals surface area contributed by atoms with Crippen molar-refractivity contribution in [3.63, 3.8) is 0 Å². The molecule has 2 aromatic heterocycles. The lowest BCUT2D eigenvalue weighted by atomic mass is 9.96. The van der Waals surface area contributed by atoms with Crippen molar-refractivity contribution in [2.75, 3.05) is 6.61 Å². The van der Waals surface area contributed by atoms with Crippen LogP contribution in [0.5, 0.6) is 0 Å². The van der Waals surface area contributed by atoms with E-state index in [1.54, 1.807) is 4.57 Å². The molecular weight excluding hydrogens is 484 g/mol. The zero-order valence-electron chi connectivity index (χ0n) is 19.6. The van der Waals surface area contributed by atoms with E-state index in [9.17, 15) is 28.9 Å². The van der Waals surface area contributed by atoms with E-state index in [4.69, 9.17) is 4.74 Å². The molecule has 2 aliphatic heterocycles. The number of nitrogens with zero attached hydrogens (tertiary/aromatic N) is 1. The van der Waals surface area contributed by atoms with Gasteiger partial charge in [0.15, 0.2) is 12.4 Å². The molecule has 37 heavy (non-hydrogen) atoms. The lowest BCUT2D eigenvalue weighted by molar-refractivity contribution is -0.233. The molecule has 0 radical (unpaired) electrons. The van der Waals surface area contributed by atoms with Crippen molar-refractivity contribution in [1.29, 1.82) is 0 Å². The Balaban J connectivity index is 1.70. The van der Waals surface area contributed by atoms with Gasteiger partial charge in [-0.05, 0) is 42.8 Å². The summed E-state index contributed by atoms with van der Waals surface area (Å²) in [4.78, 5) is 16.6. The second-order valence-corrected chi connectivity index (χ2v) is 9.89. The summed E-state index contributed by atoms with van der Waals surface area (Å²) in [6, 6.07) is 9.97. The molecule has 0 spiro atoms. The van der Waals surface area contributed by atoms with Crippen LogP contribution in [0.4, 0.5) is 8.78 Å². The summed E-state index contributed by atoms with van der Waals surface area (Å²) in [5.74, 6) is -0.831. The van der Waals surface area contributed by atoms with Crippen molar-refractivity contribution >= 4 is 49.5 Å². The Morgan fingerprint density at radius 2 is 1.92 bits per heavy atom. The predicted octanol–water partition coefficient (Wildman–Crippen LogP) is 3.07. The minimum atomic E-state index is -2.01. The van der Waals surface area contributed by atoms with Gasteiger partial charge in [0.2, 0.25) is 0 Å². The standard InChI is InChI=1S/C27H23F2N3O5/c1-10-2-4-15-12(6-10)18-14-8-30-26(36)20(14)19-13-7-11(28)3-5-16(13)32(23(19)22(18)31-15)27-25(35)24(34)21(29)17(9-33)37-27/h2-7,17,21,24-25,27,31,33-35H,8-9H2,1H3,(H,30,36)/t17-,21-,24+,25-,27-/m1/s1. The van der Waals surface area contributed by atoms with E-state index < -0.39 is 43.1 Å². The highest BCUT2D eigenvalue weighted by atomic mass is 19.1. The number of aromatic nitrogens is 2. The van der Waals surface area contributed by atoms with Crippen LogP contribution in [-0.2, 0) is 11.3 Å². The van der Waals surface area contributed by atoms with E-state index in [0.29, 0.717) is 39.4 Å². The number of aromatic amines is 1. The molecule has 1 amide bonds. The van der Waals surface area contributed by atoms with Crippen LogP contribution in [-0.4, -0.2) is 61.9 Å². The van der Waals surface area contributed by atoms with Gasteiger partial charge in [0.25, 0.3) is 5.91 Å². The number of hydrogen-bond donors (Lipinski definition) is 5. The van der Waals surface area contributed by atoms with Crippen LogP contribution in [0.3, 0.4) is 0 Å². The van der Waals surface area contributed by atoms with E-state index in [0.717, 1.165) is 27.4 Å². The summed E-state index contributed by atoms with van der Waals surface area (Å²) < 4.78 is 36.6. The fraction of sp³-hybridized carbons (Fsp3) is 0.296. The highest BCUT2D eigenvalue weighted by Crippen LogP contribution is 2.46. The first-order chi connectivity index (χ1) is 17.8. The van der Waals surface area contributed by atoms with E-state index in [1.165, 1.54) is 18.2 Å². The van der Waals surface area contributed by atoms with Crippen LogP contribution in [0.1, 0.15) is 27.7 Å². The molecule has 5 atom stereocenters. The fourth-order valence-corrected chi connectivity index (χ4v) is 6.08. The highest BCUT2D eigenvalue weighted by Gasteiger charge is 2.46. The van der Waals surface area contributed by atoms with Gasteiger partial charge in [-0.25, -0.2) is 8.78 Å². The Labute approximate surface area is 208 Å². The average Bonchev–Trinajstić information content (AvgIpc) is 3.54. The summed E-state index contributed by atoms with van der Waals surface area (Å²) in [6.07, 6.45) is -8.26. The van der Waals surface area contributed by atoms with Gasteiger partial charge in [0.1, 0.15) is 24.1 Å². The number of aliphatic hydroxyl groups excluding tert-OH is 3. The maximum absolute atomic E-state index is 14.6.